The molecule has 2 aromatic carbocycles. The van der Waals surface area contributed by atoms with Crippen LogP contribution >= 0.6 is 34.2 Å². The average molecular weight is 357 g/mol. The predicted octanol–water partition coefficient (Wildman–Crippen LogP) is 4.20. The third kappa shape index (κ3) is 1.83. The molecule has 0 fully saturated rings. The van der Waals surface area contributed by atoms with Gasteiger partial charge in [0.2, 0.25) is 5.43 Å². The molecule has 0 aliphatic heterocycles. The second-order valence-electron chi connectivity index (χ2n) is 3.71. The fourth-order valence-electron chi connectivity index (χ4n) is 1.80. The number of hydrogen-bond donors (Lipinski definition) is 0. The number of benzene rings is 2. The van der Waals surface area contributed by atoms with Crippen molar-refractivity contribution in [1.29, 1.82) is 0 Å². The molecule has 0 atom stereocenters. The lowest BCUT2D eigenvalue weighted by Gasteiger charge is -2.01. The number of hydrogen-bond acceptors (Lipinski definition) is 2. The van der Waals surface area contributed by atoms with E-state index in [-0.39, 0.29) is 5.43 Å². The molecular formula is C13H6ClIO2. The van der Waals surface area contributed by atoms with Crippen molar-refractivity contribution in [2.75, 3.05) is 0 Å². The minimum absolute atomic E-state index is 0.0192. The summed E-state index contributed by atoms with van der Waals surface area (Å²) in [6.45, 7) is 0. The van der Waals surface area contributed by atoms with E-state index in [1.54, 1.807) is 24.3 Å². The minimum atomic E-state index is -0.0192. The summed E-state index contributed by atoms with van der Waals surface area (Å²) >= 11 is 8.07. The van der Waals surface area contributed by atoms with Crippen LogP contribution in [0.15, 0.2) is 45.6 Å². The highest BCUT2D eigenvalue weighted by Gasteiger charge is 2.07. The Morgan fingerprint density at radius 2 is 1.65 bits per heavy atom. The van der Waals surface area contributed by atoms with Crippen LogP contribution in [0.1, 0.15) is 0 Å². The van der Waals surface area contributed by atoms with E-state index in [4.69, 9.17) is 16.0 Å². The van der Waals surface area contributed by atoms with Gasteiger partial charge >= 0.3 is 0 Å². The molecule has 0 spiro atoms. The molecule has 0 bridgehead atoms. The Morgan fingerprint density at radius 3 is 2.41 bits per heavy atom. The molecule has 4 heteroatoms. The molecule has 84 valence electrons. The van der Waals surface area contributed by atoms with Gasteiger partial charge in [-0.15, -0.1) is 0 Å². The van der Waals surface area contributed by atoms with Crippen molar-refractivity contribution < 1.29 is 4.42 Å². The van der Waals surface area contributed by atoms with E-state index in [2.05, 4.69) is 22.6 Å². The van der Waals surface area contributed by atoms with Crippen LogP contribution in [-0.4, -0.2) is 0 Å². The molecule has 0 radical (unpaired) electrons. The molecule has 0 amide bonds. The maximum atomic E-state index is 12.2. The predicted molar refractivity (Wildman–Crippen MR) is 77.7 cm³/mol. The van der Waals surface area contributed by atoms with Crippen LogP contribution in [0.25, 0.3) is 21.9 Å². The van der Waals surface area contributed by atoms with Crippen LogP contribution in [-0.2, 0) is 0 Å². The van der Waals surface area contributed by atoms with Gasteiger partial charge in [0.15, 0.2) is 0 Å². The Labute approximate surface area is 115 Å². The van der Waals surface area contributed by atoms with Crippen LogP contribution in [0.4, 0.5) is 0 Å². The summed E-state index contributed by atoms with van der Waals surface area (Å²) in [6.07, 6.45) is 0. The Hall–Kier alpha value is -1.07. The summed E-state index contributed by atoms with van der Waals surface area (Å²) in [5, 5.41) is 1.72. The number of halogens is 2. The van der Waals surface area contributed by atoms with Gasteiger partial charge < -0.3 is 4.42 Å². The first-order chi connectivity index (χ1) is 8.15. The van der Waals surface area contributed by atoms with Gasteiger partial charge in [0.05, 0.1) is 10.8 Å². The highest BCUT2D eigenvalue weighted by molar-refractivity contribution is 14.1. The maximum absolute atomic E-state index is 12.2. The smallest absolute Gasteiger partial charge is 0.200 e. The molecule has 0 aliphatic carbocycles. The SMILES string of the molecule is O=c1c2ccc(Cl)cc2oc2cc(I)ccc12. The van der Waals surface area contributed by atoms with E-state index >= 15 is 0 Å². The van der Waals surface area contributed by atoms with Gasteiger partial charge in [0.25, 0.3) is 0 Å². The van der Waals surface area contributed by atoms with Crippen molar-refractivity contribution in [3.8, 4) is 0 Å². The molecular weight excluding hydrogens is 350 g/mol. The standard InChI is InChI=1S/C13H6ClIO2/c14-7-1-3-9-11(5-7)17-12-6-8(15)2-4-10(12)13(9)16/h1-6H. The van der Waals surface area contributed by atoms with Crippen LogP contribution in [0.3, 0.4) is 0 Å². The quantitative estimate of drug-likeness (QED) is 0.446. The average Bonchev–Trinajstić information content (AvgIpc) is 2.28. The summed E-state index contributed by atoms with van der Waals surface area (Å²) < 4.78 is 6.73. The fraction of sp³-hybridized carbons (Fsp3) is 0. The fourth-order valence-corrected chi connectivity index (χ4v) is 2.42. The van der Waals surface area contributed by atoms with Gasteiger partial charge in [-0.1, -0.05) is 11.6 Å². The van der Waals surface area contributed by atoms with Crippen LogP contribution < -0.4 is 5.43 Å². The highest BCUT2D eigenvalue weighted by atomic mass is 127. The molecule has 2 nitrogen and oxygen atoms in total. The monoisotopic (exact) mass is 356 g/mol. The Morgan fingerprint density at radius 1 is 1.00 bits per heavy atom. The van der Waals surface area contributed by atoms with Crippen molar-refractivity contribution in [2.24, 2.45) is 0 Å². The number of rotatable bonds is 0. The lowest BCUT2D eigenvalue weighted by Crippen LogP contribution is -2.01. The second-order valence-corrected chi connectivity index (χ2v) is 5.39. The maximum Gasteiger partial charge on any atom is 0.200 e. The van der Waals surface area contributed by atoms with Gasteiger partial charge in [-0.05, 0) is 52.9 Å². The largest absolute Gasteiger partial charge is 0.456 e. The van der Waals surface area contributed by atoms with E-state index < -0.39 is 0 Å². The van der Waals surface area contributed by atoms with Crippen LogP contribution in [0.2, 0.25) is 5.02 Å². The normalized spacial score (nSPS) is 11.2. The third-order valence-electron chi connectivity index (χ3n) is 2.60. The first-order valence-electron chi connectivity index (χ1n) is 4.97. The first-order valence-corrected chi connectivity index (χ1v) is 6.42. The Balaban J connectivity index is 2.57. The summed E-state index contributed by atoms with van der Waals surface area (Å²) in [7, 11) is 0. The highest BCUT2D eigenvalue weighted by Crippen LogP contribution is 2.22. The molecule has 3 aromatic rings. The molecule has 17 heavy (non-hydrogen) atoms. The second kappa shape index (κ2) is 3.99. The van der Waals surface area contributed by atoms with Crippen molar-refractivity contribution >= 4 is 56.1 Å². The molecule has 0 aliphatic rings. The van der Waals surface area contributed by atoms with Gasteiger partial charge in [0.1, 0.15) is 11.2 Å². The van der Waals surface area contributed by atoms with Crippen LogP contribution in [0.5, 0.6) is 0 Å². The summed E-state index contributed by atoms with van der Waals surface area (Å²) in [5.41, 5.74) is 1.10. The van der Waals surface area contributed by atoms with Crippen molar-refractivity contribution in [2.45, 2.75) is 0 Å². The zero-order valence-corrected chi connectivity index (χ0v) is 11.4. The van der Waals surface area contributed by atoms with Gasteiger partial charge in [-0.3, -0.25) is 4.79 Å². The topological polar surface area (TPSA) is 30.2 Å². The van der Waals surface area contributed by atoms with E-state index in [9.17, 15) is 4.79 Å². The van der Waals surface area contributed by atoms with Crippen LogP contribution in [0, 0.1) is 3.57 Å². The zero-order chi connectivity index (χ0) is 12.0. The lowest BCUT2D eigenvalue weighted by molar-refractivity contribution is 0.659. The van der Waals surface area contributed by atoms with Gasteiger partial charge in [0, 0.05) is 14.7 Å². The van der Waals surface area contributed by atoms with E-state index in [1.807, 2.05) is 12.1 Å². The summed E-state index contributed by atoms with van der Waals surface area (Å²) in [4.78, 5) is 12.2. The van der Waals surface area contributed by atoms with Gasteiger partial charge in [-0.25, -0.2) is 0 Å². The Kier molecular flexibility index (Phi) is 2.60. The first kappa shape index (κ1) is 11.0. The molecule has 0 unspecified atom stereocenters. The lowest BCUT2D eigenvalue weighted by atomic mass is 10.1. The van der Waals surface area contributed by atoms with E-state index in [0.717, 1.165) is 3.57 Å². The third-order valence-corrected chi connectivity index (χ3v) is 3.50. The summed E-state index contributed by atoms with van der Waals surface area (Å²) in [5.74, 6) is 0. The molecule has 3 rings (SSSR count). The van der Waals surface area contributed by atoms with Gasteiger partial charge in [-0.2, -0.15) is 0 Å². The van der Waals surface area contributed by atoms with Crippen molar-refractivity contribution in [1.82, 2.24) is 0 Å². The molecule has 0 N–H and O–H groups in total. The molecule has 1 heterocycles. The van der Waals surface area contributed by atoms with E-state index in [1.165, 1.54) is 0 Å². The summed E-state index contributed by atoms with van der Waals surface area (Å²) in [6, 6.07) is 10.6. The van der Waals surface area contributed by atoms with E-state index in [0.29, 0.717) is 27.0 Å². The molecule has 0 saturated heterocycles. The molecule has 0 saturated carbocycles. The minimum Gasteiger partial charge on any atom is -0.456 e. The number of fused-ring (bicyclic) bond motifs is 2. The van der Waals surface area contributed by atoms with Crippen molar-refractivity contribution in [3.63, 3.8) is 0 Å². The zero-order valence-electron chi connectivity index (χ0n) is 8.54. The molecule has 1 aromatic heterocycles. The van der Waals surface area contributed by atoms with Crippen molar-refractivity contribution in [3.05, 3.63) is 55.2 Å². The Bertz CT molecular complexity index is 729.